The minimum Gasteiger partial charge on any atom is -0.381 e. The van der Waals surface area contributed by atoms with Crippen LogP contribution in [0.5, 0.6) is 0 Å². The topological polar surface area (TPSA) is 35.5 Å². The summed E-state index contributed by atoms with van der Waals surface area (Å²) in [5.74, 6) is -1.87. The lowest BCUT2D eigenvalue weighted by atomic mass is 9.85. The SMILES string of the molecule is CCOC1(C(=O)c2cc(F)ccc2F)CCOCC1. The Hall–Kier alpha value is -1.33. The summed E-state index contributed by atoms with van der Waals surface area (Å²) in [6, 6.07) is 2.87. The quantitative estimate of drug-likeness (QED) is 0.789. The third-order valence-electron chi connectivity index (χ3n) is 3.31. The summed E-state index contributed by atoms with van der Waals surface area (Å²) >= 11 is 0. The van der Waals surface area contributed by atoms with E-state index in [2.05, 4.69) is 0 Å². The zero-order valence-electron chi connectivity index (χ0n) is 10.7. The van der Waals surface area contributed by atoms with Crippen molar-refractivity contribution < 1.29 is 23.0 Å². The van der Waals surface area contributed by atoms with Crippen LogP contribution in [0, 0.1) is 11.6 Å². The van der Waals surface area contributed by atoms with Crippen molar-refractivity contribution in [3.63, 3.8) is 0 Å². The molecule has 19 heavy (non-hydrogen) atoms. The molecule has 0 unspecified atom stereocenters. The van der Waals surface area contributed by atoms with Crippen molar-refractivity contribution in [2.45, 2.75) is 25.4 Å². The van der Waals surface area contributed by atoms with Crippen molar-refractivity contribution in [2.24, 2.45) is 0 Å². The average Bonchev–Trinajstić information content (AvgIpc) is 2.42. The maximum Gasteiger partial charge on any atom is 0.197 e. The maximum atomic E-state index is 13.7. The van der Waals surface area contributed by atoms with Gasteiger partial charge < -0.3 is 9.47 Å². The van der Waals surface area contributed by atoms with E-state index in [1.807, 2.05) is 0 Å². The molecular weight excluding hydrogens is 254 g/mol. The van der Waals surface area contributed by atoms with Crippen LogP contribution in [-0.4, -0.2) is 31.2 Å². The molecule has 104 valence electrons. The molecule has 0 amide bonds. The number of hydrogen-bond acceptors (Lipinski definition) is 3. The van der Waals surface area contributed by atoms with Gasteiger partial charge in [-0.15, -0.1) is 0 Å². The van der Waals surface area contributed by atoms with Crippen molar-refractivity contribution in [3.05, 3.63) is 35.4 Å². The second kappa shape index (κ2) is 5.75. The molecule has 0 aromatic heterocycles. The van der Waals surface area contributed by atoms with Gasteiger partial charge in [-0.3, -0.25) is 4.79 Å². The van der Waals surface area contributed by atoms with Crippen LogP contribution in [0.3, 0.4) is 0 Å². The zero-order chi connectivity index (χ0) is 13.9. The lowest BCUT2D eigenvalue weighted by molar-refractivity contribution is -0.0823. The Bertz CT molecular complexity index is 462. The number of ether oxygens (including phenoxy) is 2. The number of halogens is 2. The summed E-state index contributed by atoms with van der Waals surface area (Å²) in [7, 11) is 0. The Morgan fingerprint density at radius 2 is 2.05 bits per heavy atom. The first-order valence-electron chi connectivity index (χ1n) is 6.30. The molecular formula is C14H16F2O3. The van der Waals surface area contributed by atoms with E-state index in [1.54, 1.807) is 6.92 Å². The lowest BCUT2D eigenvalue weighted by Gasteiger charge is -2.35. The zero-order valence-corrected chi connectivity index (χ0v) is 10.7. The second-order valence-electron chi connectivity index (χ2n) is 4.49. The van der Waals surface area contributed by atoms with Crippen LogP contribution in [-0.2, 0) is 9.47 Å². The predicted molar refractivity (Wildman–Crippen MR) is 65.1 cm³/mol. The summed E-state index contributed by atoms with van der Waals surface area (Å²) in [5, 5.41) is 0. The third-order valence-corrected chi connectivity index (χ3v) is 3.31. The number of Topliss-reactive ketones (excluding diaryl/α,β-unsaturated/α-hetero) is 1. The van der Waals surface area contributed by atoms with E-state index in [0.717, 1.165) is 18.2 Å². The van der Waals surface area contributed by atoms with Crippen LogP contribution in [0.1, 0.15) is 30.1 Å². The fourth-order valence-corrected chi connectivity index (χ4v) is 2.33. The molecule has 0 radical (unpaired) electrons. The molecule has 0 aliphatic carbocycles. The Balaban J connectivity index is 2.36. The molecule has 0 bridgehead atoms. The summed E-state index contributed by atoms with van der Waals surface area (Å²) in [6.07, 6.45) is 0.714. The van der Waals surface area contributed by atoms with Gasteiger partial charge in [0.15, 0.2) is 5.78 Å². The Kier molecular flexibility index (Phi) is 4.27. The molecule has 2 rings (SSSR count). The van der Waals surface area contributed by atoms with Gasteiger partial charge >= 0.3 is 0 Å². The van der Waals surface area contributed by atoms with Gasteiger partial charge in [0.05, 0.1) is 5.56 Å². The van der Waals surface area contributed by atoms with Crippen molar-refractivity contribution in [1.29, 1.82) is 0 Å². The van der Waals surface area contributed by atoms with Gasteiger partial charge in [-0.1, -0.05) is 0 Å². The van der Waals surface area contributed by atoms with E-state index in [9.17, 15) is 13.6 Å². The van der Waals surface area contributed by atoms with Gasteiger partial charge in [0, 0.05) is 32.7 Å². The molecule has 1 heterocycles. The number of benzene rings is 1. The minimum atomic E-state index is -1.10. The number of rotatable bonds is 4. The molecule has 5 heteroatoms. The molecule has 1 fully saturated rings. The van der Waals surface area contributed by atoms with E-state index < -0.39 is 23.0 Å². The van der Waals surface area contributed by atoms with E-state index in [1.165, 1.54) is 0 Å². The van der Waals surface area contributed by atoms with Crippen molar-refractivity contribution >= 4 is 5.78 Å². The maximum absolute atomic E-state index is 13.7. The highest BCUT2D eigenvalue weighted by Crippen LogP contribution is 2.30. The molecule has 1 aliphatic rings. The largest absolute Gasteiger partial charge is 0.381 e. The summed E-state index contributed by atoms with van der Waals surface area (Å²) < 4.78 is 37.7. The van der Waals surface area contributed by atoms with E-state index >= 15 is 0 Å². The Morgan fingerprint density at radius 3 is 2.68 bits per heavy atom. The first-order chi connectivity index (χ1) is 9.09. The van der Waals surface area contributed by atoms with Gasteiger partial charge in [0.25, 0.3) is 0 Å². The van der Waals surface area contributed by atoms with E-state index in [-0.39, 0.29) is 5.56 Å². The fraction of sp³-hybridized carbons (Fsp3) is 0.500. The molecule has 1 aliphatic heterocycles. The van der Waals surface area contributed by atoms with Crippen LogP contribution >= 0.6 is 0 Å². The highest BCUT2D eigenvalue weighted by molar-refractivity contribution is 6.02. The number of ketones is 1. The predicted octanol–water partition coefficient (Wildman–Crippen LogP) is 2.73. The molecule has 0 atom stereocenters. The summed E-state index contributed by atoms with van der Waals surface area (Å²) in [6.45, 7) is 2.86. The normalized spacial score (nSPS) is 18.3. The van der Waals surface area contributed by atoms with Gasteiger partial charge in [-0.05, 0) is 25.1 Å². The van der Waals surface area contributed by atoms with Gasteiger partial charge in [-0.25, -0.2) is 8.78 Å². The van der Waals surface area contributed by atoms with Crippen molar-refractivity contribution in [1.82, 2.24) is 0 Å². The average molecular weight is 270 g/mol. The minimum absolute atomic E-state index is 0.254. The summed E-state index contributed by atoms with van der Waals surface area (Å²) in [5.41, 5.74) is -1.35. The molecule has 3 nitrogen and oxygen atoms in total. The Morgan fingerprint density at radius 1 is 1.37 bits per heavy atom. The molecule has 1 aromatic rings. The van der Waals surface area contributed by atoms with Crippen molar-refractivity contribution in [3.8, 4) is 0 Å². The number of carbonyl (C=O) groups excluding carboxylic acids is 1. The van der Waals surface area contributed by atoms with Crippen molar-refractivity contribution in [2.75, 3.05) is 19.8 Å². The molecule has 1 aromatic carbocycles. The van der Waals surface area contributed by atoms with Crippen LogP contribution in [0.4, 0.5) is 8.78 Å². The second-order valence-corrected chi connectivity index (χ2v) is 4.49. The van der Waals surface area contributed by atoms with Crippen LogP contribution < -0.4 is 0 Å². The van der Waals surface area contributed by atoms with E-state index in [0.29, 0.717) is 32.7 Å². The molecule has 0 spiro atoms. The monoisotopic (exact) mass is 270 g/mol. The van der Waals surface area contributed by atoms with Gasteiger partial charge in [0.1, 0.15) is 17.2 Å². The number of carbonyl (C=O) groups is 1. The Labute approximate surface area is 110 Å². The highest BCUT2D eigenvalue weighted by Gasteiger charge is 2.42. The van der Waals surface area contributed by atoms with Gasteiger partial charge in [-0.2, -0.15) is 0 Å². The highest BCUT2D eigenvalue weighted by atomic mass is 19.1. The first-order valence-corrected chi connectivity index (χ1v) is 6.30. The van der Waals surface area contributed by atoms with Crippen LogP contribution in [0.2, 0.25) is 0 Å². The first kappa shape index (κ1) is 14.1. The fourth-order valence-electron chi connectivity index (χ4n) is 2.33. The summed E-state index contributed by atoms with van der Waals surface area (Å²) in [4.78, 5) is 12.5. The molecule has 1 saturated heterocycles. The van der Waals surface area contributed by atoms with Crippen LogP contribution in [0.15, 0.2) is 18.2 Å². The standard InChI is InChI=1S/C14H16F2O3/c1-2-19-14(5-7-18-8-6-14)13(17)11-9-10(15)3-4-12(11)16/h3-4,9H,2,5-8H2,1H3. The molecule has 0 N–H and O–H groups in total. The lowest BCUT2D eigenvalue weighted by Crippen LogP contribution is -2.46. The van der Waals surface area contributed by atoms with Gasteiger partial charge in [0.2, 0.25) is 0 Å². The smallest absolute Gasteiger partial charge is 0.197 e. The van der Waals surface area contributed by atoms with Crippen LogP contribution in [0.25, 0.3) is 0 Å². The van der Waals surface area contributed by atoms with E-state index in [4.69, 9.17) is 9.47 Å². The number of hydrogen-bond donors (Lipinski definition) is 0. The third kappa shape index (κ3) is 2.82. The molecule has 0 saturated carbocycles.